The Morgan fingerprint density at radius 3 is 2.68 bits per heavy atom. The Kier molecular flexibility index (Phi) is 8.94. The fourth-order valence-electron chi connectivity index (χ4n) is 6.07. The minimum atomic E-state index is -1.80. The van der Waals surface area contributed by atoms with Crippen LogP contribution in [0.4, 0.5) is 11.4 Å². The average Bonchev–Trinajstić information content (AvgIpc) is 3.72. The molecule has 9 nitrogen and oxygen atoms in total. The van der Waals surface area contributed by atoms with Crippen molar-refractivity contribution in [3.8, 4) is 0 Å². The van der Waals surface area contributed by atoms with Crippen molar-refractivity contribution in [2.45, 2.75) is 63.3 Å². The molecule has 10 heteroatoms. The topological polar surface area (TPSA) is 122 Å². The van der Waals surface area contributed by atoms with Crippen molar-refractivity contribution in [1.82, 2.24) is 10.2 Å². The molecule has 0 radical (unpaired) electrons. The number of halogens is 1. The lowest BCUT2D eigenvalue weighted by molar-refractivity contribution is -0.139. The van der Waals surface area contributed by atoms with E-state index in [0.29, 0.717) is 23.5 Å². The quantitative estimate of drug-likeness (QED) is 0.317. The third-order valence-electron chi connectivity index (χ3n) is 8.45. The molecule has 2 saturated heterocycles. The lowest BCUT2D eigenvalue weighted by Crippen LogP contribution is -2.44. The summed E-state index contributed by atoms with van der Waals surface area (Å²) in [6, 6.07) is 12.5. The summed E-state index contributed by atoms with van der Waals surface area (Å²) in [7, 11) is 0. The molecule has 0 unspecified atom stereocenters. The van der Waals surface area contributed by atoms with Crippen LogP contribution < -0.4 is 15.5 Å². The Bertz CT molecular complexity index is 1330. The number of hydrogen-bond donors (Lipinski definition) is 4. The van der Waals surface area contributed by atoms with Gasteiger partial charge < -0.3 is 30.6 Å². The lowest BCUT2D eigenvalue weighted by atomic mass is 9.83. The molecule has 3 aliphatic rings. The highest BCUT2D eigenvalue weighted by molar-refractivity contribution is 9.10. The van der Waals surface area contributed by atoms with E-state index >= 15 is 0 Å². The number of aliphatic hydroxyl groups is 2. The number of rotatable bonds is 9. The molecule has 3 aliphatic heterocycles. The van der Waals surface area contributed by atoms with Crippen molar-refractivity contribution >= 4 is 45.0 Å². The van der Waals surface area contributed by atoms with Gasteiger partial charge in [-0.15, -0.1) is 0 Å². The minimum Gasteiger partial charge on any atom is -0.394 e. The van der Waals surface area contributed by atoms with Crippen LogP contribution in [0.15, 0.2) is 59.1 Å². The predicted molar refractivity (Wildman–Crippen MR) is 160 cm³/mol. The van der Waals surface area contributed by atoms with Crippen LogP contribution in [-0.2, 0) is 26.5 Å². The first-order valence-corrected chi connectivity index (χ1v) is 15.1. The molecular formula is C31H37BrN4O5. The van der Waals surface area contributed by atoms with Crippen molar-refractivity contribution in [2.24, 2.45) is 5.92 Å². The van der Waals surface area contributed by atoms with Crippen LogP contribution in [0.5, 0.6) is 0 Å². The van der Waals surface area contributed by atoms with Gasteiger partial charge >= 0.3 is 0 Å². The van der Waals surface area contributed by atoms with E-state index in [0.717, 1.165) is 42.3 Å². The molecule has 218 valence electrons. The number of fused-ring (bicyclic) bond motifs is 1. The monoisotopic (exact) mass is 624 g/mol. The number of carbonyl (C=O) groups is 3. The van der Waals surface area contributed by atoms with Gasteiger partial charge in [-0.1, -0.05) is 47.1 Å². The summed E-state index contributed by atoms with van der Waals surface area (Å²) < 4.78 is 0.747. The number of benzene rings is 2. The Morgan fingerprint density at radius 1 is 1.20 bits per heavy atom. The number of carbonyl (C=O) groups excluding carboxylic acids is 3. The maximum absolute atomic E-state index is 13.8. The van der Waals surface area contributed by atoms with Gasteiger partial charge in [0, 0.05) is 34.6 Å². The molecule has 3 amide bonds. The van der Waals surface area contributed by atoms with Crippen molar-refractivity contribution in [1.29, 1.82) is 0 Å². The number of hydrogen-bond acceptors (Lipinski definition) is 6. The van der Waals surface area contributed by atoms with Gasteiger partial charge in [0.15, 0.2) is 5.60 Å². The first-order valence-electron chi connectivity index (χ1n) is 14.3. The second-order valence-corrected chi connectivity index (χ2v) is 12.1. The van der Waals surface area contributed by atoms with Crippen LogP contribution in [-0.4, -0.2) is 64.6 Å². The first-order chi connectivity index (χ1) is 19.7. The number of likely N-dealkylation sites (tertiary alicyclic amines) is 1. The molecule has 2 fully saturated rings. The van der Waals surface area contributed by atoms with Crippen molar-refractivity contribution < 1.29 is 24.6 Å². The molecule has 0 aliphatic carbocycles. The van der Waals surface area contributed by atoms with Gasteiger partial charge in [0.2, 0.25) is 11.8 Å². The van der Waals surface area contributed by atoms with Crippen LogP contribution in [0.1, 0.15) is 50.2 Å². The summed E-state index contributed by atoms with van der Waals surface area (Å²) in [4.78, 5) is 42.3. The highest BCUT2D eigenvalue weighted by Crippen LogP contribution is 2.46. The fraction of sp³-hybridized carbons (Fsp3) is 0.452. The number of nitrogens with one attached hydrogen (secondary N) is 2. The second kappa shape index (κ2) is 12.4. The van der Waals surface area contributed by atoms with Crippen molar-refractivity contribution in [3.63, 3.8) is 0 Å². The molecule has 4 N–H and O–H groups in total. The smallest absolute Gasteiger partial charge is 0.264 e. The van der Waals surface area contributed by atoms with E-state index in [-0.39, 0.29) is 43.5 Å². The van der Waals surface area contributed by atoms with E-state index in [1.807, 2.05) is 36.4 Å². The predicted octanol–water partition coefficient (Wildman–Crippen LogP) is 3.44. The number of aliphatic hydroxyl groups excluding tert-OH is 1. The minimum absolute atomic E-state index is 0.0447. The zero-order valence-electron chi connectivity index (χ0n) is 23.2. The van der Waals surface area contributed by atoms with E-state index < -0.39 is 17.4 Å². The normalized spacial score (nSPS) is 24.7. The van der Waals surface area contributed by atoms with Gasteiger partial charge in [-0.25, -0.2) is 0 Å². The second-order valence-electron chi connectivity index (χ2n) is 11.1. The Hall–Kier alpha value is -3.05. The van der Waals surface area contributed by atoms with Crippen molar-refractivity contribution in [3.05, 3.63) is 70.2 Å². The first kappa shape index (κ1) is 29.4. The summed E-state index contributed by atoms with van der Waals surface area (Å²) in [6.45, 7) is 3.46. The molecule has 0 spiro atoms. The zero-order valence-corrected chi connectivity index (χ0v) is 24.8. The van der Waals surface area contributed by atoms with Crippen LogP contribution in [0.3, 0.4) is 0 Å². The lowest BCUT2D eigenvalue weighted by Gasteiger charge is -2.28. The molecule has 3 heterocycles. The molecular weight excluding hydrogens is 588 g/mol. The van der Waals surface area contributed by atoms with E-state index in [4.69, 9.17) is 0 Å². The zero-order chi connectivity index (χ0) is 29.1. The highest BCUT2D eigenvalue weighted by Gasteiger charge is 2.52. The van der Waals surface area contributed by atoms with Gasteiger partial charge in [0.05, 0.1) is 30.9 Å². The Balaban J connectivity index is 1.29. The summed E-state index contributed by atoms with van der Waals surface area (Å²) in [5.74, 6) is -1.15. The molecule has 0 aromatic heterocycles. The summed E-state index contributed by atoms with van der Waals surface area (Å²) in [5.41, 5.74) is 0.875. The number of anilines is 2. The van der Waals surface area contributed by atoms with E-state index in [1.54, 1.807) is 34.9 Å². The highest BCUT2D eigenvalue weighted by atomic mass is 79.9. The third-order valence-corrected chi connectivity index (χ3v) is 8.95. The van der Waals surface area contributed by atoms with Gasteiger partial charge in [0.25, 0.3) is 5.91 Å². The van der Waals surface area contributed by atoms with Crippen LogP contribution >= 0.6 is 15.9 Å². The number of amides is 3. The SMILES string of the molecule is C[C@@H](/C=C/CC(=O)N1CCC[C@H]1CO)[C@]1(O)C(=O)N(Cc2ccc(NC(=O)[C@H]3CCCN3)cc2)c2ccc(Br)cc21. The van der Waals surface area contributed by atoms with E-state index in [9.17, 15) is 24.6 Å². The third kappa shape index (κ3) is 5.97. The average molecular weight is 626 g/mol. The Labute approximate surface area is 248 Å². The van der Waals surface area contributed by atoms with Gasteiger partial charge in [-0.2, -0.15) is 0 Å². The maximum atomic E-state index is 13.8. The molecule has 5 rings (SSSR count). The van der Waals surface area contributed by atoms with Crippen LogP contribution in [0.2, 0.25) is 0 Å². The van der Waals surface area contributed by atoms with Gasteiger partial charge in [-0.3, -0.25) is 14.4 Å². The maximum Gasteiger partial charge on any atom is 0.264 e. The summed E-state index contributed by atoms with van der Waals surface area (Å²) in [6.07, 6.45) is 7.06. The van der Waals surface area contributed by atoms with Crippen molar-refractivity contribution in [2.75, 3.05) is 29.9 Å². The largest absolute Gasteiger partial charge is 0.394 e. The molecule has 0 saturated carbocycles. The molecule has 0 bridgehead atoms. The Morgan fingerprint density at radius 2 is 1.98 bits per heavy atom. The molecule has 2 aromatic carbocycles. The summed E-state index contributed by atoms with van der Waals surface area (Å²) in [5, 5.41) is 27.6. The summed E-state index contributed by atoms with van der Waals surface area (Å²) >= 11 is 3.48. The molecule has 4 atom stereocenters. The number of nitrogens with zero attached hydrogens (tertiary/aromatic N) is 2. The molecule has 2 aromatic rings. The fourth-order valence-corrected chi connectivity index (χ4v) is 6.43. The van der Waals surface area contributed by atoms with Gasteiger partial charge in [-0.05, 0) is 68.1 Å². The van der Waals surface area contributed by atoms with E-state index in [1.165, 1.54) is 0 Å². The van der Waals surface area contributed by atoms with Gasteiger partial charge in [0.1, 0.15) is 0 Å². The van der Waals surface area contributed by atoms with Crippen LogP contribution in [0, 0.1) is 5.92 Å². The standard InChI is InChI=1S/C31H37BrN4O5/c1-20(5-2-8-28(38)35-16-4-6-24(35)19-37)31(41)25-17-22(32)11-14-27(25)36(30(31)40)18-21-9-12-23(13-10-21)34-29(39)26-7-3-15-33-26/h2,5,9-14,17,20,24,26,33,37,41H,3-4,6-8,15-16,18-19H2,1H3,(H,34,39)/b5-2+/t20-,24-,26+,31+/m0/s1. The van der Waals surface area contributed by atoms with Crippen LogP contribution in [0.25, 0.3) is 0 Å². The van der Waals surface area contributed by atoms with E-state index in [2.05, 4.69) is 26.6 Å². The molecule has 41 heavy (non-hydrogen) atoms.